The molecular formula is C13H23N3S. The number of rotatable bonds is 7. The molecule has 0 saturated carbocycles. The average Bonchev–Trinajstić information content (AvgIpc) is 2.25. The summed E-state index contributed by atoms with van der Waals surface area (Å²) in [5.41, 5.74) is 0. The van der Waals surface area contributed by atoms with Gasteiger partial charge in [0.05, 0.1) is 0 Å². The van der Waals surface area contributed by atoms with Gasteiger partial charge in [0.1, 0.15) is 16.7 Å². The van der Waals surface area contributed by atoms with Gasteiger partial charge in [-0.25, -0.2) is 9.97 Å². The molecule has 96 valence electrons. The molecule has 1 N–H and O–H groups in total. The van der Waals surface area contributed by atoms with Crippen molar-refractivity contribution in [1.29, 1.82) is 0 Å². The first-order valence-electron chi connectivity index (χ1n) is 6.34. The average molecular weight is 253 g/mol. The molecule has 0 radical (unpaired) electrons. The second-order valence-electron chi connectivity index (χ2n) is 4.60. The summed E-state index contributed by atoms with van der Waals surface area (Å²) >= 11 is 1.82. The zero-order chi connectivity index (χ0) is 12.7. The lowest BCUT2D eigenvalue weighted by atomic mass is 10.2. The summed E-state index contributed by atoms with van der Waals surface area (Å²) < 4.78 is 0. The molecule has 0 spiro atoms. The molecular weight excluding hydrogens is 230 g/mol. The highest BCUT2D eigenvalue weighted by Crippen LogP contribution is 2.20. The highest BCUT2D eigenvalue weighted by Gasteiger charge is 2.03. The highest BCUT2D eigenvalue weighted by molar-refractivity contribution is 7.99. The maximum atomic E-state index is 4.45. The van der Waals surface area contributed by atoms with Crippen molar-refractivity contribution in [2.45, 2.75) is 45.6 Å². The smallest absolute Gasteiger partial charge is 0.130 e. The quantitative estimate of drug-likeness (QED) is 0.593. The Morgan fingerprint density at radius 1 is 1.35 bits per heavy atom. The molecule has 1 rings (SSSR count). The number of nitrogens with zero attached hydrogens (tertiary/aromatic N) is 2. The van der Waals surface area contributed by atoms with Crippen molar-refractivity contribution < 1.29 is 0 Å². The summed E-state index contributed by atoms with van der Waals surface area (Å²) in [6, 6.07) is 2.05. The Hall–Kier alpha value is -0.770. The van der Waals surface area contributed by atoms with Gasteiger partial charge in [-0.15, -0.1) is 11.8 Å². The molecule has 1 aromatic heterocycles. The lowest BCUT2D eigenvalue weighted by Gasteiger charge is -2.08. The van der Waals surface area contributed by atoms with Crippen LogP contribution in [0.25, 0.3) is 0 Å². The van der Waals surface area contributed by atoms with Crippen LogP contribution in [0.4, 0.5) is 5.82 Å². The van der Waals surface area contributed by atoms with E-state index in [4.69, 9.17) is 0 Å². The molecule has 0 unspecified atom stereocenters. The number of nitrogens with one attached hydrogen (secondary N) is 1. The van der Waals surface area contributed by atoms with Crippen molar-refractivity contribution >= 4 is 17.6 Å². The fourth-order valence-corrected chi connectivity index (χ4v) is 2.55. The third kappa shape index (κ3) is 5.91. The predicted molar refractivity (Wildman–Crippen MR) is 75.7 cm³/mol. The Kier molecular flexibility index (Phi) is 6.34. The number of hydrogen-bond donors (Lipinski definition) is 1. The number of aromatic nitrogens is 2. The Bertz CT molecular complexity index is 339. The largest absolute Gasteiger partial charge is 0.370 e. The number of hydrogen-bond acceptors (Lipinski definition) is 4. The molecule has 0 bridgehead atoms. The Balaban J connectivity index is 2.55. The molecule has 1 aromatic rings. The summed E-state index contributed by atoms with van der Waals surface area (Å²) in [7, 11) is 0. The van der Waals surface area contributed by atoms with Crippen LogP contribution in [-0.4, -0.2) is 22.3 Å². The van der Waals surface area contributed by atoms with E-state index in [1.165, 1.54) is 6.42 Å². The first-order chi connectivity index (χ1) is 8.11. The van der Waals surface area contributed by atoms with Gasteiger partial charge in [0.15, 0.2) is 0 Å². The second-order valence-corrected chi connectivity index (χ2v) is 5.71. The first-order valence-corrected chi connectivity index (χ1v) is 7.32. The van der Waals surface area contributed by atoms with Gasteiger partial charge < -0.3 is 5.32 Å². The molecule has 1 heterocycles. The zero-order valence-corrected chi connectivity index (χ0v) is 12.1. The van der Waals surface area contributed by atoms with Crippen molar-refractivity contribution in [2.24, 2.45) is 5.92 Å². The lowest BCUT2D eigenvalue weighted by molar-refractivity contribution is 0.632. The third-order valence-corrected chi connectivity index (χ3v) is 3.26. The van der Waals surface area contributed by atoms with Gasteiger partial charge in [-0.05, 0) is 31.4 Å². The zero-order valence-electron chi connectivity index (χ0n) is 11.3. The van der Waals surface area contributed by atoms with Crippen LogP contribution in [0.2, 0.25) is 0 Å². The molecule has 0 aliphatic heterocycles. The second kappa shape index (κ2) is 7.54. The summed E-state index contributed by atoms with van der Waals surface area (Å²) in [4.78, 5) is 8.83. The monoisotopic (exact) mass is 253 g/mol. The molecule has 0 amide bonds. The van der Waals surface area contributed by atoms with Gasteiger partial charge in [0.25, 0.3) is 0 Å². The van der Waals surface area contributed by atoms with Crippen LogP contribution >= 0.6 is 11.8 Å². The molecule has 0 fully saturated rings. The fourth-order valence-electron chi connectivity index (χ4n) is 1.36. The van der Waals surface area contributed by atoms with Crippen molar-refractivity contribution in [3.63, 3.8) is 0 Å². The molecule has 17 heavy (non-hydrogen) atoms. The predicted octanol–water partition coefficient (Wildman–Crippen LogP) is 3.75. The van der Waals surface area contributed by atoms with Crippen LogP contribution in [0.15, 0.2) is 11.1 Å². The number of aryl methyl sites for hydroxylation is 1. The van der Waals surface area contributed by atoms with Gasteiger partial charge in [0, 0.05) is 12.6 Å². The van der Waals surface area contributed by atoms with Crippen molar-refractivity contribution in [3.8, 4) is 0 Å². The highest BCUT2D eigenvalue weighted by atomic mass is 32.2. The summed E-state index contributed by atoms with van der Waals surface area (Å²) in [5, 5.41) is 4.39. The Labute approximate surface area is 109 Å². The van der Waals surface area contributed by atoms with E-state index in [1.54, 1.807) is 0 Å². The van der Waals surface area contributed by atoms with E-state index in [1.807, 2.05) is 24.8 Å². The van der Waals surface area contributed by atoms with Crippen LogP contribution in [-0.2, 0) is 0 Å². The minimum absolute atomic E-state index is 0.753. The van der Waals surface area contributed by atoms with E-state index in [0.29, 0.717) is 0 Å². The fraction of sp³-hybridized carbons (Fsp3) is 0.692. The van der Waals surface area contributed by atoms with Gasteiger partial charge >= 0.3 is 0 Å². The molecule has 0 aliphatic rings. The van der Waals surface area contributed by atoms with Crippen LogP contribution in [0, 0.1) is 12.8 Å². The van der Waals surface area contributed by atoms with E-state index in [-0.39, 0.29) is 0 Å². The SMILES string of the molecule is CCCNc1cc(SCCC(C)C)nc(C)n1. The van der Waals surface area contributed by atoms with Crippen molar-refractivity contribution in [3.05, 3.63) is 11.9 Å². The molecule has 4 heteroatoms. The summed E-state index contributed by atoms with van der Waals surface area (Å²) in [6.07, 6.45) is 2.34. The van der Waals surface area contributed by atoms with Gasteiger partial charge in [-0.3, -0.25) is 0 Å². The van der Waals surface area contributed by atoms with Gasteiger partial charge in [-0.1, -0.05) is 20.8 Å². The summed E-state index contributed by atoms with van der Waals surface area (Å²) in [6.45, 7) is 9.57. The molecule has 0 aliphatic carbocycles. The van der Waals surface area contributed by atoms with Gasteiger partial charge in [-0.2, -0.15) is 0 Å². The number of thioether (sulfide) groups is 1. The number of anilines is 1. The molecule has 3 nitrogen and oxygen atoms in total. The standard InChI is InChI=1S/C13H23N3S/c1-5-7-14-12-9-13(16-11(4)15-12)17-8-6-10(2)3/h9-10H,5-8H2,1-4H3,(H,14,15,16). The van der Waals surface area contributed by atoms with Crippen LogP contribution in [0.5, 0.6) is 0 Å². The first kappa shape index (κ1) is 14.3. The van der Waals surface area contributed by atoms with Crippen molar-refractivity contribution in [2.75, 3.05) is 17.6 Å². The van der Waals surface area contributed by atoms with E-state index in [2.05, 4.69) is 36.1 Å². The van der Waals surface area contributed by atoms with E-state index < -0.39 is 0 Å². The van der Waals surface area contributed by atoms with Crippen LogP contribution in [0.3, 0.4) is 0 Å². The van der Waals surface area contributed by atoms with Crippen molar-refractivity contribution in [1.82, 2.24) is 9.97 Å². The topological polar surface area (TPSA) is 37.8 Å². The van der Waals surface area contributed by atoms with Crippen LogP contribution in [0.1, 0.15) is 39.4 Å². The maximum Gasteiger partial charge on any atom is 0.130 e. The summed E-state index contributed by atoms with van der Waals surface area (Å²) in [5.74, 6) is 3.68. The van der Waals surface area contributed by atoms with E-state index in [9.17, 15) is 0 Å². The van der Waals surface area contributed by atoms with Gasteiger partial charge in [0.2, 0.25) is 0 Å². The third-order valence-electron chi connectivity index (χ3n) is 2.32. The maximum absolute atomic E-state index is 4.45. The Morgan fingerprint density at radius 2 is 2.12 bits per heavy atom. The lowest BCUT2D eigenvalue weighted by Crippen LogP contribution is -2.04. The normalized spacial score (nSPS) is 10.9. The molecule has 0 atom stereocenters. The molecule has 0 saturated heterocycles. The molecule has 0 aromatic carbocycles. The Morgan fingerprint density at radius 3 is 2.76 bits per heavy atom. The minimum Gasteiger partial charge on any atom is -0.370 e. The van der Waals surface area contributed by atoms with E-state index in [0.717, 1.165) is 41.3 Å². The van der Waals surface area contributed by atoms with E-state index >= 15 is 0 Å². The van der Waals surface area contributed by atoms with Crippen LogP contribution < -0.4 is 5.32 Å². The minimum atomic E-state index is 0.753.